The lowest BCUT2D eigenvalue weighted by Gasteiger charge is -2.36. The van der Waals surface area contributed by atoms with E-state index in [1.54, 1.807) is 0 Å². The lowest BCUT2D eigenvalue weighted by Crippen LogP contribution is -2.43. The van der Waals surface area contributed by atoms with Crippen molar-refractivity contribution in [2.24, 2.45) is 5.92 Å². The average Bonchev–Trinajstić information content (AvgIpc) is 3.16. The molecule has 0 saturated heterocycles. The number of carboxylic acids is 1. The summed E-state index contributed by atoms with van der Waals surface area (Å²) in [5.41, 5.74) is 2.27. The van der Waals surface area contributed by atoms with Crippen LogP contribution in [0.3, 0.4) is 0 Å². The van der Waals surface area contributed by atoms with E-state index in [1.165, 1.54) is 0 Å². The number of aliphatic carboxylic acids is 1. The fourth-order valence-corrected chi connectivity index (χ4v) is 3.75. The zero-order valence-corrected chi connectivity index (χ0v) is 16.3. The number of aryl methyl sites for hydroxylation is 1. The quantitative estimate of drug-likeness (QED) is 0.714. The molecular weight excluding hydrogens is 304 g/mol. The predicted molar refractivity (Wildman–Crippen MR) is 96.7 cm³/mol. The SMILES string of the molecule is Cc1cc(O[Si](C)(C)C(C)(C)C)cc(C(CC(=O)O)C2CC2)c1. The van der Waals surface area contributed by atoms with Gasteiger partial charge in [-0.2, -0.15) is 0 Å². The van der Waals surface area contributed by atoms with E-state index in [4.69, 9.17) is 4.43 Å². The molecule has 0 spiro atoms. The molecule has 2 rings (SSSR count). The van der Waals surface area contributed by atoms with E-state index < -0.39 is 14.3 Å². The summed E-state index contributed by atoms with van der Waals surface area (Å²) >= 11 is 0. The molecule has 1 atom stereocenters. The number of hydrogen-bond donors (Lipinski definition) is 1. The second kappa shape index (κ2) is 6.31. The predicted octanol–water partition coefficient (Wildman–Crippen LogP) is 5.35. The molecule has 0 aliphatic heterocycles. The van der Waals surface area contributed by atoms with Gasteiger partial charge in [0.15, 0.2) is 0 Å². The third-order valence-electron chi connectivity index (χ3n) is 5.27. The Hall–Kier alpha value is -1.29. The molecule has 1 aliphatic carbocycles. The van der Waals surface area contributed by atoms with Gasteiger partial charge >= 0.3 is 5.97 Å². The summed E-state index contributed by atoms with van der Waals surface area (Å²) in [5, 5.41) is 9.38. The molecule has 0 heterocycles. The van der Waals surface area contributed by atoms with E-state index in [2.05, 4.69) is 59.0 Å². The largest absolute Gasteiger partial charge is 0.543 e. The van der Waals surface area contributed by atoms with Gasteiger partial charge in [0.2, 0.25) is 8.32 Å². The Kier molecular flexibility index (Phi) is 4.95. The molecule has 1 fully saturated rings. The van der Waals surface area contributed by atoms with E-state index in [1.807, 2.05) is 0 Å². The number of carboxylic acid groups (broad SMARTS) is 1. The molecule has 4 heteroatoms. The maximum absolute atomic E-state index is 11.2. The number of hydrogen-bond acceptors (Lipinski definition) is 2. The van der Waals surface area contributed by atoms with E-state index in [-0.39, 0.29) is 17.4 Å². The topological polar surface area (TPSA) is 46.5 Å². The third-order valence-corrected chi connectivity index (χ3v) is 9.62. The molecule has 1 aromatic rings. The monoisotopic (exact) mass is 334 g/mol. The summed E-state index contributed by atoms with van der Waals surface area (Å²) < 4.78 is 6.43. The lowest BCUT2D eigenvalue weighted by atomic mass is 9.90. The van der Waals surface area contributed by atoms with Gasteiger partial charge in [-0.3, -0.25) is 4.79 Å². The summed E-state index contributed by atoms with van der Waals surface area (Å²) in [7, 11) is -1.89. The molecule has 1 aliphatic rings. The average molecular weight is 335 g/mol. The fraction of sp³-hybridized carbons (Fsp3) is 0.632. The van der Waals surface area contributed by atoms with Gasteiger partial charge in [0, 0.05) is 0 Å². The number of benzene rings is 1. The minimum absolute atomic E-state index is 0.120. The maximum atomic E-state index is 11.2. The van der Waals surface area contributed by atoms with Gasteiger partial charge in [0.05, 0.1) is 6.42 Å². The first-order valence-electron chi connectivity index (χ1n) is 8.52. The van der Waals surface area contributed by atoms with Crippen LogP contribution in [0.25, 0.3) is 0 Å². The number of carbonyl (C=O) groups is 1. The van der Waals surface area contributed by atoms with Crippen LogP contribution in [0.4, 0.5) is 0 Å². The summed E-state index contributed by atoms with van der Waals surface area (Å²) in [6.45, 7) is 13.2. The van der Waals surface area contributed by atoms with Crippen molar-refractivity contribution in [1.29, 1.82) is 0 Å². The van der Waals surface area contributed by atoms with Gasteiger partial charge < -0.3 is 9.53 Å². The minimum atomic E-state index is -1.89. The molecule has 128 valence electrons. The van der Waals surface area contributed by atoms with Crippen LogP contribution < -0.4 is 4.43 Å². The van der Waals surface area contributed by atoms with Crippen LogP contribution in [0.5, 0.6) is 5.75 Å². The highest BCUT2D eigenvalue weighted by Crippen LogP contribution is 2.46. The molecule has 1 unspecified atom stereocenters. The third kappa shape index (κ3) is 4.60. The molecule has 1 aromatic carbocycles. The van der Waals surface area contributed by atoms with E-state index in [0.717, 1.165) is 29.7 Å². The van der Waals surface area contributed by atoms with Crippen LogP contribution >= 0.6 is 0 Å². The Balaban J connectivity index is 2.29. The highest BCUT2D eigenvalue weighted by atomic mass is 28.4. The number of rotatable bonds is 6. The van der Waals surface area contributed by atoms with Crippen LogP contribution in [0.2, 0.25) is 18.1 Å². The summed E-state index contributed by atoms with van der Waals surface area (Å²) in [6, 6.07) is 6.29. The minimum Gasteiger partial charge on any atom is -0.543 e. The second-order valence-corrected chi connectivity index (χ2v) is 13.2. The summed E-state index contributed by atoms with van der Waals surface area (Å²) in [5.74, 6) is 0.834. The molecule has 0 aromatic heterocycles. The first kappa shape index (κ1) is 18.1. The van der Waals surface area contributed by atoms with Crippen LogP contribution in [-0.4, -0.2) is 19.4 Å². The normalized spacial score (nSPS) is 17.0. The van der Waals surface area contributed by atoms with Gasteiger partial charge in [-0.1, -0.05) is 26.8 Å². The molecule has 23 heavy (non-hydrogen) atoms. The van der Waals surface area contributed by atoms with Crippen LogP contribution in [0.1, 0.15) is 57.1 Å². The van der Waals surface area contributed by atoms with Crippen LogP contribution in [0, 0.1) is 12.8 Å². The van der Waals surface area contributed by atoms with Gasteiger partial charge in [-0.05, 0) is 73.0 Å². The molecule has 3 nitrogen and oxygen atoms in total. The maximum Gasteiger partial charge on any atom is 0.303 e. The van der Waals surface area contributed by atoms with Crippen molar-refractivity contribution in [2.45, 2.75) is 71.0 Å². The molecule has 1 N–H and O–H groups in total. The fourth-order valence-electron chi connectivity index (χ4n) is 2.74. The molecule has 0 radical (unpaired) electrons. The molecular formula is C19H30O3Si. The first-order valence-corrected chi connectivity index (χ1v) is 11.4. The van der Waals surface area contributed by atoms with Gasteiger partial charge in [0.1, 0.15) is 5.75 Å². The second-order valence-electron chi connectivity index (χ2n) is 8.48. The first-order chi connectivity index (χ1) is 10.5. The highest BCUT2D eigenvalue weighted by molar-refractivity contribution is 6.74. The standard InChI is InChI=1S/C19H30O3Si/c1-13-9-15(17(12-18(20)21)14-7-8-14)11-16(10-13)22-23(5,6)19(2,3)4/h9-11,14,17H,7-8,12H2,1-6H3,(H,20,21). The van der Waals surface area contributed by atoms with Gasteiger partial charge in [-0.25, -0.2) is 0 Å². The Labute approximate surface area is 141 Å². The molecule has 0 amide bonds. The van der Waals surface area contributed by atoms with E-state index >= 15 is 0 Å². The van der Waals surface area contributed by atoms with Crippen molar-refractivity contribution in [2.75, 3.05) is 0 Å². The van der Waals surface area contributed by atoms with E-state index in [9.17, 15) is 9.90 Å². The van der Waals surface area contributed by atoms with Crippen molar-refractivity contribution in [3.05, 3.63) is 29.3 Å². The van der Waals surface area contributed by atoms with E-state index in [0.29, 0.717) is 5.92 Å². The Morgan fingerprint density at radius 3 is 2.39 bits per heavy atom. The van der Waals surface area contributed by atoms with Crippen LogP contribution in [-0.2, 0) is 4.79 Å². The Morgan fingerprint density at radius 1 is 1.30 bits per heavy atom. The zero-order valence-electron chi connectivity index (χ0n) is 15.3. The van der Waals surface area contributed by atoms with Crippen molar-refractivity contribution in [3.8, 4) is 5.75 Å². The summed E-state index contributed by atoms with van der Waals surface area (Å²) in [4.78, 5) is 11.2. The smallest absolute Gasteiger partial charge is 0.303 e. The van der Waals surface area contributed by atoms with Crippen molar-refractivity contribution < 1.29 is 14.3 Å². The Morgan fingerprint density at radius 2 is 1.91 bits per heavy atom. The van der Waals surface area contributed by atoms with Gasteiger partial charge in [-0.15, -0.1) is 0 Å². The molecule has 1 saturated carbocycles. The van der Waals surface area contributed by atoms with Crippen molar-refractivity contribution in [3.63, 3.8) is 0 Å². The van der Waals surface area contributed by atoms with Crippen molar-refractivity contribution in [1.82, 2.24) is 0 Å². The Bertz CT molecular complexity index is 583. The summed E-state index contributed by atoms with van der Waals surface area (Å²) in [6.07, 6.45) is 2.50. The lowest BCUT2D eigenvalue weighted by molar-refractivity contribution is -0.137. The van der Waals surface area contributed by atoms with Crippen LogP contribution in [0.15, 0.2) is 18.2 Å². The molecule has 0 bridgehead atoms. The van der Waals surface area contributed by atoms with Gasteiger partial charge in [0.25, 0.3) is 0 Å². The van der Waals surface area contributed by atoms with Crippen molar-refractivity contribution >= 4 is 14.3 Å². The zero-order chi connectivity index (χ0) is 17.4. The highest BCUT2D eigenvalue weighted by Gasteiger charge is 2.39.